The molecule has 236 valence electrons. The lowest BCUT2D eigenvalue weighted by atomic mass is 10.1. The molecule has 3 saturated heterocycles. The highest BCUT2D eigenvalue weighted by molar-refractivity contribution is 8.07. The average Bonchev–Trinajstić information content (AvgIpc) is 3.73. The number of nitrogens with zero attached hydrogens (tertiary/aromatic N) is 7. The van der Waals surface area contributed by atoms with Crippen LogP contribution in [0.1, 0.15) is 12.5 Å². The highest BCUT2D eigenvalue weighted by Crippen LogP contribution is 2.54. The number of hydrogen-bond acceptors (Lipinski definition) is 17. The first kappa shape index (κ1) is 30.3. The van der Waals surface area contributed by atoms with Gasteiger partial charge in [0.1, 0.15) is 54.0 Å². The van der Waals surface area contributed by atoms with E-state index in [1.54, 1.807) is 6.07 Å². The normalized spacial score (nSPS) is 38.3. The van der Waals surface area contributed by atoms with Gasteiger partial charge in [-0.3, -0.25) is 18.2 Å². The monoisotopic (exact) mass is 689 g/mol. The lowest BCUT2D eigenvalue weighted by molar-refractivity contribution is -0.0606. The van der Waals surface area contributed by atoms with Gasteiger partial charge in [0, 0.05) is 6.20 Å². The van der Waals surface area contributed by atoms with Crippen LogP contribution in [-0.4, -0.2) is 104 Å². The summed E-state index contributed by atoms with van der Waals surface area (Å²) in [5, 5.41) is 22.5. The van der Waals surface area contributed by atoms with Crippen LogP contribution in [0.5, 0.6) is 0 Å². The van der Waals surface area contributed by atoms with E-state index in [1.165, 1.54) is 34.3 Å². The van der Waals surface area contributed by atoms with Gasteiger partial charge in [0.15, 0.2) is 29.6 Å². The van der Waals surface area contributed by atoms with E-state index in [-0.39, 0.29) is 17.0 Å². The molecule has 0 amide bonds. The zero-order valence-corrected chi connectivity index (χ0v) is 25.6. The van der Waals surface area contributed by atoms with Crippen LogP contribution in [0.2, 0.25) is 0 Å². The summed E-state index contributed by atoms with van der Waals surface area (Å²) in [6.07, 6.45) is -4.82. The molecule has 0 aromatic carbocycles. The minimum atomic E-state index is -4.15. The molecule has 2 bridgehead atoms. The highest BCUT2D eigenvalue weighted by Gasteiger charge is 2.52. The molecule has 8 N–H and O–H groups in total. The number of fused-ring (bicyclic) bond motifs is 5. The minimum Gasteiger partial charge on any atom is -0.397 e. The van der Waals surface area contributed by atoms with Gasteiger partial charge in [0.05, 0.1) is 31.6 Å². The summed E-state index contributed by atoms with van der Waals surface area (Å²) in [4.78, 5) is 42.9. The van der Waals surface area contributed by atoms with Crippen molar-refractivity contribution < 1.29 is 47.6 Å². The van der Waals surface area contributed by atoms with Gasteiger partial charge in [-0.05, 0) is 29.7 Å². The van der Waals surface area contributed by atoms with Crippen molar-refractivity contribution in [3.05, 3.63) is 31.2 Å². The second-order valence-corrected chi connectivity index (χ2v) is 15.7. The Kier molecular flexibility index (Phi) is 7.71. The maximum absolute atomic E-state index is 11.3. The molecule has 0 spiro atoms. The third-order valence-corrected chi connectivity index (χ3v) is 10.5. The first-order valence-corrected chi connectivity index (χ1v) is 18.1. The van der Waals surface area contributed by atoms with Gasteiger partial charge < -0.3 is 50.0 Å². The summed E-state index contributed by atoms with van der Waals surface area (Å²) in [7, 11) is 0. The van der Waals surface area contributed by atoms with Crippen molar-refractivity contribution in [2.24, 2.45) is 0 Å². The molecule has 2 unspecified atom stereocenters. The Labute approximate surface area is 257 Å². The van der Waals surface area contributed by atoms with Crippen LogP contribution in [0.15, 0.2) is 31.2 Å². The predicted octanol–water partition coefficient (Wildman–Crippen LogP) is -0.797. The van der Waals surface area contributed by atoms with E-state index in [0.29, 0.717) is 16.9 Å². The number of anilines is 2. The second-order valence-electron chi connectivity index (χ2n) is 10.1. The molecule has 7 heterocycles. The van der Waals surface area contributed by atoms with Crippen LogP contribution in [-0.2, 0) is 51.2 Å². The van der Waals surface area contributed by atoms with Gasteiger partial charge in [-0.25, -0.2) is 24.9 Å². The molecule has 3 fully saturated rings. The summed E-state index contributed by atoms with van der Waals surface area (Å²) >= 11 is 10.5. The Morgan fingerprint density at radius 3 is 2.14 bits per heavy atom. The lowest BCUT2D eigenvalue weighted by Crippen LogP contribution is -2.36. The van der Waals surface area contributed by atoms with Crippen molar-refractivity contribution in [3.63, 3.8) is 0 Å². The highest BCUT2D eigenvalue weighted by atomic mass is 32.5. The van der Waals surface area contributed by atoms with Crippen LogP contribution in [0, 0.1) is 0 Å². The Morgan fingerprint density at radius 1 is 0.773 bits per heavy atom. The maximum atomic E-state index is 11.3. The molecule has 0 radical (unpaired) electrons. The Morgan fingerprint density at radius 2 is 1.39 bits per heavy atom. The fourth-order valence-corrected chi connectivity index (χ4v) is 8.16. The minimum absolute atomic E-state index is 0.107. The molecule has 19 nitrogen and oxygen atoms in total. The molecular weight excluding hydrogens is 664 g/mol. The summed E-state index contributed by atoms with van der Waals surface area (Å²) in [6, 6.07) is 1.57. The number of rotatable bonds is 2. The largest absolute Gasteiger partial charge is 0.397 e. The summed E-state index contributed by atoms with van der Waals surface area (Å²) in [5.41, 5.74) is 13.5. The second kappa shape index (κ2) is 11.2. The van der Waals surface area contributed by atoms with Gasteiger partial charge in [0.2, 0.25) is 0 Å². The van der Waals surface area contributed by atoms with Gasteiger partial charge >= 0.3 is 13.4 Å². The van der Waals surface area contributed by atoms with Crippen molar-refractivity contribution >= 4 is 70.9 Å². The standard InChI is InChI=1S/C21H25N9O10P2S2/c22-8-1-2-24-18-11(8)27-6-29(18)20-14(32)15-10(38-20)4-36-42(34,44)40-16-13(31)9(3-35-41(33,43)39-15)37-21(16)30-7-28-12-17(23)25-5-26-19(12)30/h1-2,5-7,9-10,13-16,20-21,31-32H,3-4H2,(H2,22,24)(H,33,43)(H,34,44)(H2,23,25,26)/t9-,10-,13-,14-,15-,16-,20-,21-,41?,42?/m1/s1. The number of nitrogens with two attached hydrogens (primary N) is 2. The smallest absolute Gasteiger partial charge is 0.325 e. The molecule has 4 aromatic heterocycles. The third-order valence-electron chi connectivity index (χ3n) is 7.36. The zero-order valence-electron chi connectivity index (χ0n) is 22.2. The maximum Gasteiger partial charge on any atom is 0.325 e. The number of nitrogen functional groups attached to an aromatic ring is 2. The van der Waals surface area contributed by atoms with Crippen molar-refractivity contribution in [3.8, 4) is 0 Å². The molecular formula is C21H25N9O10P2S2. The van der Waals surface area contributed by atoms with Gasteiger partial charge in [-0.15, -0.1) is 0 Å². The Bertz CT molecular complexity index is 1830. The van der Waals surface area contributed by atoms with E-state index < -0.39 is 75.7 Å². The van der Waals surface area contributed by atoms with E-state index in [2.05, 4.69) is 24.9 Å². The van der Waals surface area contributed by atoms with Crippen molar-refractivity contribution in [1.82, 2.24) is 34.1 Å². The first-order chi connectivity index (χ1) is 20.9. The molecule has 0 aliphatic carbocycles. The fraction of sp³-hybridized carbons (Fsp3) is 0.476. The number of pyridine rings is 1. The molecule has 23 heteroatoms. The number of aliphatic hydroxyl groups excluding tert-OH is 2. The topological polar surface area (TPSA) is 263 Å². The summed E-state index contributed by atoms with van der Waals surface area (Å²) in [5.74, 6) is 0.107. The van der Waals surface area contributed by atoms with Gasteiger partial charge in [0.25, 0.3) is 0 Å². The molecule has 4 aromatic rings. The molecule has 10 atom stereocenters. The van der Waals surface area contributed by atoms with Gasteiger partial charge in [-0.1, -0.05) is 0 Å². The number of aliphatic hydroxyl groups is 2. The van der Waals surface area contributed by atoms with Crippen LogP contribution in [0.25, 0.3) is 22.3 Å². The first-order valence-electron chi connectivity index (χ1n) is 12.9. The summed E-state index contributed by atoms with van der Waals surface area (Å²) in [6.45, 7) is -9.24. The quantitative estimate of drug-likeness (QED) is 0.141. The zero-order chi connectivity index (χ0) is 31.0. The van der Waals surface area contributed by atoms with Crippen LogP contribution in [0.4, 0.5) is 11.5 Å². The van der Waals surface area contributed by atoms with Crippen molar-refractivity contribution in [2.45, 2.75) is 49.1 Å². The van der Waals surface area contributed by atoms with E-state index in [4.69, 9.17) is 62.6 Å². The number of hydrogen-bond donors (Lipinski definition) is 6. The average molecular weight is 690 g/mol. The SMILES string of the molecule is Nc1ccnc2c1ncn2[C@@H]1O[C@@H]2COP(O)(=S)O[C@@H]3[C@H](O)[C@@H](COP(O)(=S)O[C@H]2[C@H]1O)O[C@H]3n1cnc2c(N)ncnc21. The molecule has 7 rings (SSSR count). The number of imidazole rings is 2. The number of ether oxygens (including phenoxy) is 2. The Hall–Kier alpha value is -2.33. The van der Waals surface area contributed by atoms with E-state index in [0.717, 1.165) is 0 Å². The Balaban J connectivity index is 1.20. The lowest BCUT2D eigenvalue weighted by Gasteiger charge is -2.28. The molecule has 0 saturated carbocycles. The van der Waals surface area contributed by atoms with Crippen molar-refractivity contribution in [1.29, 1.82) is 0 Å². The molecule has 3 aliphatic rings. The van der Waals surface area contributed by atoms with E-state index >= 15 is 0 Å². The van der Waals surface area contributed by atoms with Crippen LogP contribution < -0.4 is 11.5 Å². The fourth-order valence-electron chi connectivity index (χ4n) is 5.31. The van der Waals surface area contributed by atoms with E-state index in [9.17, 15) is 20.0 Å². The third kappa shape index (κ3) is 5.31. The van der Waals surface area contributed by atoms with Crippen LogP contribution in [0.3, 0.4) is 0 Å². The van der Waals surface area contributed by atoms with Crippen molar-refractivity contribution in [2.75, 3.05) is 24.7 Å². The van der Waals surface area contributed by atoms with Gasteiger partial charge in [-0.2, -0.15) is 0 Å². The van der Waals surface area contributed by atoms with E-state index in [1.807, 2.05) is 0 Å². The number of aromatic nitrogens is 7. The molecule has 44 heavy (non-hydrogen) atoms. The predicted molar refractivity (Wildman–Crippen MR) is 156 cm³/mol. The molecule has 3 aliphatic heterocycles. The summed E-state index contributed by atoms with van der Waals surface area (Å²) < 4.78 is 37.6. The van der Waals surface area contributed by atoms with Crippen LogP contribution >= 0.6 is 13.4 Å².